The predicted octanol–water partition coefficient (Wildman–Crippen LogP) is 0.324. The van der Waals surface area contributed by atoms with Gasteiger partial charge in [0.2, 0.25) is 5.91 Å². The van der Waals surface area contributed by atoms with E-state index in [2.05, 4.69) is 10.2 Å². The highest BCUT2D eigenvalue weighted by molar-refractivity contribution is 5.78. The van der Waals surface area contributed by atoms with Crippen molar-refractivity contribution >= 4 is 11.9 Å². The predicted molar refractivity (Wildman–Crippen MR) is 70.9 cm³/mol. The Balaban J connectivity index is 2.20. The lowest BCUT2D eigenvalue weighted by Gasteiger charge is -2.18. The second kappa shape index (κ2) is 8.12. The van der Waals surface area contributed by atoms with Crippen molar-refractivity contribution in [1.82, 2.24) is 10.2 Å². The van der Waals surface area contributed by atoms with E-state index in [4.69, 9.17) is 9.84 Å². The zero-order chi connectivity index (χ0) is 14.3. The molecule has 0 saturated carbocycles. The van der Waals surface area contributed by atoms with Gasteiger partial charge in [-0.1, -0.05) is 0 Å². The maximum atomic E-state index is 11.8. The van der Waals surface area contributed by atoms with Gasteiger partial charge in [-0.15, -0.1) is 0 Å². The number of aliphatic carboxylic acids is 1. The van der Waals surface area contributed by atoms with Crippen molar-refractivity contribution < 1.29 is 19.4 Å². The minimum absolute atomic E-state index is 0.00318. The molecule has 0 aromatic heterocycles. The van der Waals surface area contributed by atoms with Gasteiger partial charge in [-0.25, -0.2) is 0 Å². The number of carboxylic acids is 1. The Morgan fingerprint density at radius 1 is 1.53 bits per heavy atom. The Hall–Kier alpha value is -1.14. The standard InChI is InChI=1S/C13H24N2O4/c1-10(9-19-2)14-12(16)8-15-6-5-11(7-15)3-4-13(17)18/h10-11H,3-9H2,1-2H3,(H,14,16)(H,17,18). The van der Waals surface area contributed by atoms with E-state index in [0.29, 0.717) is 25.5 Å². The number of hydrogen-bond acceptors (Lipinski definition) is 4. The van der Waals surface area contributed by atoms with Crippen LogP contribution < -0.4 is 5.32 Å². The molecule has 0 radical (unpaired) electrons. The van der Waals surface area contributed by atoms with Gasteiger partial charge in [-0.3, -0.25) is 14.5 Å². The first-order chi connectivity index (χ1) is 9.01. The fourth-order valence-corrected chi connectivity index (χ4v) is 2.43. The molecule has 0 spiro atoms. The van der Waals surface area contributed by atoms with Crippen LogP contribution in [0.15, 0.2) is 0 Å². The number of nitrogens with one attached hydrogen (secondary N) is 1. The SMILES string of the molecule is COCC(C)NC(=O)CN1CCC(CCC(=O)O)C1. The van der Waals surface area contributed by atoms with Crippen LogP contribution in [0.2, 0.25) is 0 Å². The zero-order valence-electron chi connectivity index (χ0n) is 11.7. The number of carboxylic acid groups (broad SMARTS) is 1. The van der Waals surface area contributed by atoms with Gasteiger partial charge in [-0.2, -0.15) is 0 Å². The van der Waals surface area contributed by atoms with Gasteiger partial charge in [0.15, 0.2) is 0 Å². The number of rotatable bonds is 8. The van der Waals surface area contributed by atoms with E-state index in [1.807, 2.05) is 6.92 Å². The van der Waals surface area contributed by atoms with Crippen LogP contribution in [0.5, 0.6) is 0 Å². The average Bonchev–Trinajstić information content (AvgIpc) is 2.74. The number of amides is 1. The molecule has 2 atom stereocenters. The maximum absolute atomic E-state index is 11.8. The first-order valence-corrected chi connectivity index (χ1v) is 6.73. The molecule has 1 fully saturated rings. The molecule has 0 aliphatic carbocycles. The summed E-state index contributed by atoms with van der Waals surface area (Å²) in [4.78, 5) is 24.3. The molecule has 0 aromatic carbocycles. The number of hydrogen-bond donors (Lipinski definition) is 2. The Morgan fingerprint density at radius 2 is 2.26 bits per heavy atom. The van der Waals surface area contributed by atoms with Crippen LogP contribution in [0.3, 0.4) is 0 Å². The number of ether oxygens (including phenoxy) is 1. The molecular formula is C13H24N2O4. The molecule has 1 amide bonds. The van der Waals surface area contributed by atoms with Crippen LogP contribution in [0.1, 0.15) is 26.2 Å². The van der Waals surface area contributed by atoms with Gasteiger partial charge in [0.05, 0.1) is 13.2 Å². The molecule has 2 N–H and O–H groups in total. The van der Waals surface area contributed by atoms with Crippen molar-refractivity contribution in [2.45, 2.75) is 32.2 Å². The minimum Gasteiger partial charge on any atom is -0.481 e. The van der Waals surface area contributed by atoms with E-state index in [9.17, 15) is 9.59 Å². The van der Waals surface area contributed by atoms with Crippen LogP contribution in [-0.4, -0.2) is 61.3 Å². The summed E-state index contributed by atoms with van der Waals surface area (Å²) in [6.07, 6.45) is 1.90. The van der Waals surface area contributed by atoms with Crippen LogP contribution in [0.25, 0.3) is 0 Å². The van der Waals surface area contributed by atoms with Crippen LogP contribution in [0, 0.1) is 5.92 Å². The molecule has 1 heterocycles. The Bertz CT molecular complexity index is 309. The third kappa shape index (κ3) is 6.54. The van der Waals surface area contributed by atoms with Gasteiger partial charge in [-0.05, 0) is 32.2 Å². The molecule has 110 valence electrons. The summed E-state index contributed by atoms with van der Waals surface area (Å²) in [5.74, 6) is -0.340. The maximum Gasteiger partial charge on any atom is 0.303 e. The van der Waals surface area contributed by atoms with Crippen molar-refractivity contribution in [1.29, 1.82) is 0 Å². The molecule has 1 aliphatic rings. The first-order valence-electron chi connectivity index (χ1n) is 6.73. The Kier molecular flexibility index (Phi) is 6.80. The van der Waals surface area contributed by atoms with Gasteiger partial charge >= 0.3 is 5.97 Å². The van der Waals surface area contributed by atoms with Crippen molar-refractivity contribution in [3.05, 3.63) is 0 Å². The van der Waals surface area contributed by atoms with Gasteiger partial charge < -0.3 is 15.2 Å². The quantitative estimate of drug-likeness (QED) is 0.665. The third-order valence-electron chi connectivity index (χ3n) is 3.33. The molecule has 6 heteroatoms. The summed E-state index contributed by atoms with van der Waals surface area (Å²) < 4.78 is 4.96. The van der Waals surface area contributed by atoms with E-state index in [0.717, 1.165) is 19.5 Å². The summed E-state index contributed by atoms with van der Waals surface area (Å²) in [7, 11) is 1.61. The Labute approximate surface area is 114 Å². The van der Waals surface area contributed by atoms with Crippen LogP contribution in [-0.2, 0) is 14.3 Å². The monoisotopic (exact) mass is 272 g/mol. The highest BCUT2D eigenvalue weighted by atomic mass is 16.5. The summed E-state index contributed by atoms with van der Waals surface area (Å²) in [6.45, 7) is 4.49. The van der Waals surface area contributed by atoms with Crippen molar-refractivity contribution in [3.8, 4) is 0 Å². The number of carbonyl (C=O) groups is 2. The summed E-state index contributed by atoms with van der Waals surface area (Å²) in [6, 6.07) is 0.0166. The lowest BCUT2D eigenvalue weighted by atomic mass is 10.0. The van der Waals surface area contributed by atoms with Crippen LogP contribution in [0.4, 0.5) is 0 Å². The fourth-order valence-electron chi connectivity index (χ4n) is 2.43. The van der Waals surface area contributed by atoms with Gasteiger partial charge in [0, 0.05) is 26.1 Å². The third-order valence-corrected chi connectivity index (χ3v) is 3.33. The van der Waals surface area contributed by atoms with E-state index in [-0.39, 0.29) is 18.4 Å². The highest BCUT2D eigenvalue weighted by Gasteiger charge is 2.24. The van der Waals surface area contributed by atoms with E-state index in [1.54, 1.807) is 7.11 Å². The molecule has 1 saturated heterocycles. The van der Waals surface area contributed by atoms with Gasteiger partial charge in [0.1, 0.15) is 0 Å². The van der Waals surface area contributed by atoms with E-state index < -0.39 is 5.97 Å². The van der Waals surface area contributed by atoms with Gasteiger partial charge in [0.25, 0.3) is 0 Å². The summed E-state index contributed by atoms with van der Waals surface area (Å²) in [5, 5.41) is 11.5. The van der Waals surface area contributed by atoms with Crippen molar-refractivity contribution in [3.63, 3.8) is 0 Å². The van der Waals surface area contributed by atoms with E-state index in [1.165, 1.54) is 0 Å². The number of carbonyl (C=O) groups excluding carboxylic acids is 1. The Morgan fingerprint density at radius 3 is 2.89 bits per heavy atom. The van der Waals surface area contributed by atoms with E-state index >= 15 is 0 Å². The molecule has 19 heavy (non-hydrogen) atoms. The van der Waals surface area contributed by atoms with Crippen molar-refractivity contribution in [2.75, 3.05) is 33.4 Å². The molecule has 2 unspecified atom stereocenters. The fraction of sp³-hybridized carbons (Fsp3) is 0.846. The summed E-state index contributed by atoms with van der Waals surface area (Å²) >= 11 is 0. The lowest BCUT2D eigenvalue weighted by molar-refractivity contribution is -0.137. The summed E-state index contributed by atoms with van der Waals surface area (Å²) in [5.41, 5.74) is 0. The highest BCUT2D eigenvalue weighted by Crippen LogP contribution is 2.20. The lowest BCUT2D eigenvalue weighted by Crippen LogP contribution is -2.42. The average molecular weight is 272 g/mol. The smallest absolute Gasteiger partial charge is 0.303 e. The number of nitrogens with zero attached hydrogens (tertiary/aromatic N) is 1. The zero-order valence-corrected chi connectivity index (χ0v) is 11.7. The second-order valence-electron chi connectivity index (χ2n) is 5.25. The number of methoxy groups -OCH3 is 1. The molecule has 0 aromatic rings. The first kappa shape index (κ1) is 15.9. The molecule has 6 nitrogen and oxygen atoms in total. The second-order valence-corrected chi connectivity index (χ2v) is 5.25. The normalized spacial score (nSPS) is 21.3. The minimum atomic E-state index is -0.746. The number of likely N-dealkylation sites (tertiary alicyclic amines) is 1. The largest absolute Gasteiger partial charge is 0.481 e. The molecule has 1 aliphatic heterocycles. The molecule has 1 rings (SSSR count). The van der Waals surface area contributed by atoms with Crippen molar-refractivity contribution in [2.24, 2.45) is 5.92 Å². The molecule has 0 bridgehead atoms. The topological polar surface area (TPSA) is 78.9 Å². The molecular weight excluding hydrogens is 248 g/mol. The van der Waals surface area contributed by atoms with Crippen LogP contribution >= 0.6 is 0 Å².